The molecule has 0 saturated heterocycles. The third-order valence-corrected chi connectivity index (χ3v) is 6.58. The molecular weight excluding hydrogens is 403 g/mol. The Kier molecular flexibility index (Phi) is 14.5. The van der Waals surface area contributed by atoms with Gasteiger partial charge in [0.2, 0.25) is 0 Å². The molecule has 1 aromatic rings. The predicted molar refractivity (Wildman–Crippen MR) is 120 cm³/mol. The monoisotopic (exact) mass is 442 g/mol. The molecule has 0 aliphatic rings. The van der Waals surface area contributed by atoms with Crippen LogP contribution in [0.5, 0.6) is 0 Å². The summed E-state index contributed by atoms with van der Waals surface area (Å²) in [4.78, 5) is 12.1. The lowest BCUT2D eigenvalue weighted by Crippen LogP contribution is -2.25. The van der Waals surface area contributed by atoms with Crippen molar-refractivity contribution in [1.29, 1.82) is 0 Å². The van der Waals surface area contributed by atoms with Crippen molar-refractivity contribution in [2.75, 3.05) is 26.0 Å². The van der Waals surface area contributed by atoms with E-state index >= 15 is 0 Å². The molecule has 0 aromatic heterocycles. The smallest absolute Gasteiger partial charge is 0.434 e. The molecule has 0 heterocycles. The number of aryl methyl sites for hydroxylation is 1. The van der Waals surface area contributed by atoms with Gasteiger partial charge in [0.15, 0.2) is 0 Å². The molecule has 0 amide bonds. The maximum Gasteiger partial charge on any atom is 0.508 e. The average Bonchev–Trinajstić information content (AvgIpc) is 2.73. The molecule has 172 valence electrons. The summed E-state index contributed by atoms with van der Waals surface area (Å²) in [6, 6.07) is 9.94. The molecule has 0 fully saturated rings. The van der Waals surface area contributed by atoms with Gasteiger partial charge in [-0.15, -0.1) is 0 Å². The summed E-state index contributed by atoms with van der Waals surface area (Å²) in [6.07, 6.45) is 5.10. The summed E-state index contributed by atoms with van der Waals surface area (Å²) in [6.45, 7) is 7.17. The zero-order valence-corrected chi connectivity index (χ0v) is 19.7. The van der Waals surface area contributed by atoms with Crippen LogP contribution in [0.4, 0.5) is 4.79 Å². The molecule has 1 atom stereocenters. The highest BCUT2D eigenvalue weighted by molar-refractivity contribution is 7.53. The second kappa shape index (κ2) is 16.3. The summed E-state index contributed by atoms with van der Waals surface area (Å²) in [5.74, 6) is 0. The average molecular weight is 443 g/mol. The second-order valence-corrected chi connectivity index (χ2v) is 9.49. The summed E-state index contributed by atoms with van der Waals surface area (Å²) >= 11 is 0. The molecular formula is C23H39O6P. The minimum absolute atomic E-state index is 0.0378. The van der Waals surface area contributed by atoms with Crippen molar-refractivity contribution in [2.24, 2.45) is 0 Å². The molecule has 1 unspecified atom stereocenters. The highest BCUT2D eigenvalue weighted by Gasteiger charge is 2.31. The third kappa shape index (κ3) is 12.4. The number of hydrogen-bond donors (Lipinski definition) is 0. The van der Waals surface area contributed by atoms with Crippen molar-refractivity contribution in [1.82, 2.24) is 0 Å². The SMILES string of the molecule is CCCCOC(=O)OC(CCc1ccccc1)CP(=O)(OCCCC)OCCCC. The maximum absolute atomic E-state index is 13.3. The van der Waals surface area contributed by atoms with E-state index in [0.29, 0.717) is 32.7 Å². The molecule has 0 spiro atoms. The second-order valence-electron chi connectivity index (χ2n) is 7.38. The standard InChI is InChI=1S/C23H39O6P/c1-4-7-17-26-23(24)29-22(16-15-21-13-11-10-12-14-21)20-30(25,27-18-8-5-2)28-19-9-6-3/h10-14,22H,4-9,15-20H2,1-3H3. The van der Waals surface area contributed by atoms with Crippen molar-refractivity contribution in [3.05, 3.63) is 35.9 Å². The number of carbonyl (C=O) groups excluding carboxylic acids is 1. The predicted octanol–water partition coefficient (Wildman–Crippen LogP) is 6.77. The minimum atomic E-state index is -3.38. The van der Waals surface area contributed by atoms with Gasteiger partial charge in [0.1, 0.15) is 6.10 Å². The van der Waals surface area contributed by atoms with Gasteiger partial charge < -0.3 is 18.5 Å². The van der Waals surface area contributed by atoms with E-state index in [1.807, 2.05) is 51.1 Å². The third-order valence-electron chi connectivity index (χ3n) is 4.58. The van der Waals surface area contributed by atoms with Crippen LogP contribution < -0.4 is 0 Å². The lowest BCUT2D eigenvalue weighted by molar-refractivity contribution is 0.0250. The Morgan fingerprint density at radius 3 is 2.03 bits per heavy atom. The van der Waals surface area contributed by atoms with E-state index in [-0.39, 0.29) is 6.16 Å². The molecule has 30 heavy (non-hydrogen) atoms. The Hall–Kier alpha value is -1.36. The first-order valence-electron chi connectivity index (χ1n) is 11.3. The van der Waals surface area contributed by atoms with Gasteiger partial charge in [-0.05, 0) is 37.7 Å². The van der Waals surface area contributed by atoms with Crippen LogP contribution in [-0.2, 0) is 29.5 Å². The molecule has 0 radical (unpaired) electrons. The first-order chi connectivity index (χ1) is 14.5. The van der Waals surface area contributed by atoms with Crippen LogP contribution in [-0.4, -0.2) is 38.2 Å². The fraction of sp³-hybridized carbons (Fsp3) is 0.696. The fourth-order valence-corrected chi connectivity index (χ4v) is 4.57. The van der Waals surface area contributed by atoms with Crippen molar-refractivity contribution < 1.29 is 27.9 Å². The van der Waals surface area contributed by atoms with Gasteiger partial charge in [-0.1, -0.05) is 70.4 Å². The fourth-order valence-electron chi connectivity index (χ4n) is 2.72. The van der Waals surface area contributed by atoms with Crippen LogP contribution in [0.3, 0.4) is 0 Å². The molecule has 7 heteroatoms. The van der Waals surface area contributed by atoms with Crippen LogP contribution in [0.2, 0.25) is 0 Å². The van der Waals surface area contributed by atoms with E-state index in [2.05, 4.69) is 0 Å². The molecule has 1 rings (SSSR count). The Bertz CT molecular complexity index is 593. The molecule has 0 aliphatic carbocycles. The van der Waals surface area contributed by atoms with Gasteiger partial charge in [-0.2, -0.15) is 0 Å². The van der Waals surface area contributed by atoms with Crippen molar-refractivity contribution in [3.8, 4) is 0 Å². The molecule has 0 saturated carbocycles. The van der Waals surface area contributed by atoms with Crippen LogP contribution >= 0.6 is 7.60 Å². The van der Waals surface area contributed by atoms with E-state index in [1.165, 1.54) is 0 Å². The van der Waals surface area contributed by atoms with E-state index in [1.54, 1.807) is 0 Å². The maximum atomic E-state index is 13.3. The quantitative estimate of drug-likeness (QED) is 0.151. The Morgan fingerprint density at radius 2 is 1.47 bits per heavy atom. The zero-order valence-electron chi connectivity index (χ0n) is 18.8. The Balaban J connectivity index is 2.79. The van der Waals surface area contributed by atoms with Gasteiger partial charge in [-0.25, -0.2) is 4.79 Å². The number of ether oxygens (including phenoxy) is 2. The highest BCUT2D eigenvalue weighted by Crippen LogP contribution is 2.50. The minimum Gasteiger partial charge on any atom is -0.434 e. The summed E-state index contributed by atoms with van der Waals surface area (Å²) in [5, 5.41) is 0. The molecule has 1 aromatic carbocycles. The van der Waals surface area contributed by atoms with Gasteiger partial charge in [0.05, 0.1) is 26.0 Å². The normalized spacial score (nSPS) is 12.5. The Morgan fingerprint density at radius 1 is 0.900 bits per heavy atom. The van der Waals surface area contributed by atoms with Gasteiger partial charge in [0.25, 0.3) is 0 Å². The van der Waals surface area contributed by atoms with Crippen LogP contribution in [0.25, 0.3) is 0 Å². The Labute approximate surface area is 182 Å². The highest BCUT2D eigenvalue weighted by atomic mass is 31.2. The number of benzene rings is 1. The number of rotatable bonds is 17. The first kappa shape index (κ1) is 26.7. The summed E-state index contributed by atoms with van der Waals surface area (Å²) in [5.41, 5.74) is 1.12. The van der Waals surface area contributed by atoms with Gasteiger partial charge >= 0.3 is 13.8 Å². The topological polar surface area (TPSA) is 71.1 Å². The number of carbonyl (C=O) groups is 1. The van der Waals surface area contributed by atoms with E-state index in [4.69, 9.17) is 18.5 Å². The largest absolute Gasteiger partial charge is 0.508 e. The van der Waals surface area contributed by atoms with Crippen molar-refractivity contribution >= 4 is 13.8 Å². The van der Waals surface area contributed by atoms with E-state index in [9.17, 15) is 9.36 Å². The van der Waals surface area contributed by atoms with Crippen LogP contribution in [0.15, 0.2) is 30.3 Å². The first-order valence-corrected chi connectivity index (χ1v) is 13.0. The lowest BCUT2D eigenvalue weighted by atomic mass is 10.1. The van der Waals surface area contributed by atoms with Gasteiger partial charge in [0, 0.05) is 0 Å². The van der Waals surface area contributed by atoms with Crippen LogP contribution in [0.1, 0.15) is 71.3 Å². The van der Waals surface area contributed by atoms with Crippen molar-refractivity contribution in [2.45, 2.75) is 78.2 Å². The lowest BCUT2D eigenvalue weighted by Gasteiger charge is -2.24. The number of unbranched alkanes of at least 4 members (excludes halogenated alkanes) is 3. The summed E-state index contributed by atoms with van der Waals surface area (Å²) in [7, 11) is -3.38. The van der Waals surface area contributed by atoms with Crippen molar-refractivity contribution in [3.63, 3.8) is 0 Å². The summed E-state index contributed by atoms with van der Waals surface area (Å²) < 4.78 is 35.4. The van der Waals surface area contributed by atoms with E-state index < -0.39 is 19.9 Å². The van der Waals surface area contributed by atoms with E-state index in [0.717, 1.165) is 44.1 Å². The van der Waals surface area contributed by atoms with Gasteiger partial charge in [-0.3, -0.25) is 4.57 Å². The zero-order chi connectivity index (χ0) is 22.1. The number of hydrogen-bond acceptors (Lipinski definition) is 6. The molecule has 0 N–H and O–H groups in total. The van der Waals surface area contributed by atoms with Crippen LogP contribution in [0, 0.1) is 0 Å². The molecule has 0 bridgehead atoms. The molecule has 0 aliphatic heterocycles. The molecule has 6 nitrogen and oxygen atoms in total.